The van der Waals surface area contributed by atoms with E-state index in [0.717, 1.165) is 18.8 Å². The molecule has 4 heteroatoms. The third kappa shape index (κ3) is 3.00. The molecule has 3 rings (SSSR count). The van der Waals surface area contributed by atoms with Crippen LogP contribution in [0.25, 0.3) is 0 Å². The number of ether oxygens (including phenoxy) is 1. The van der Waals surface area contributed by atoms with Crippen molar-refractivity contribution in [3.05, 3.63) is 53.9 Å². The topological polar surface area (TPSA) is 51.4 Å². The number of hydrogen-bond donors (Lipinski definition) is 1. The van der Waals surface area contributed by atoms with Gasteiger partial charge in [-0.3, -0.25) is 9.88 Å². The molecule has 1 aliphatic heterocycles. The highest BCUT2D eigenvalue weighted by Crippen LogP contribution is 2.33. The van der Waals surface area contributed by atoms with Crippen LogP contribution in [0.2, 0.25) is 0 Å². The van der Waals surface area contributed by atoms with Crippen molar-refractivity contribution in [2.45, 2.75) is 25.4 Å². The fraction of sp³-hybridized carbons (Fsp3) is 0.353. The van der Waals surface area contributed by atoms with Crippen molar-refractivity contribution in [2.24, 2.45) is 0 Å². The van der Waals surface area contributed by atoms with Crippen molar-refractivity contribution in [3.63, 3.8) is 0 Å². The Morgan fingerprint density at radius 3 is 2.81 bits per heavy atom. The zero-order chi connectivity index (χ0) is 14.7. The number of likely N-dealkylation sites (tertiary alicyclic amines) is 1. The lowest BCUT2D eigenvalue weighted by molar-refractivity contribution is 0.248. The molecular weight excluding hydrogens is 262 g/mol. The van der Waals surface area contributed by atoms with E-state index in [0.29, 0.717) is 11.7 Å². The molecular formula is C17H21N3O. The first-order chi connectivity index (χ1) is 10.3. The number of aromatic nitrogens is 1. The normalized spacial score (nSPS) is 18.8. The zero-order valence-electron chi connectivity index (χ0n) is 12.3. The van der Waals surface area contributed by atoms with Gasteiger partial charge in [-0.05, 0) is 54.8 Å². The summed E-state index contributed by atoms with van der Waals surface area (Å²) in [6.45, 7) is 2.04. The predicted molar refractivity (Wildman–Crippen MR) is 84.0 cm³/mol. The van der Waals surface area contributed by atoms with Crippen molar-refractivity contribution in [1.82, 2.24) is 9.88 Å². The second-order valence-corrected chi connectivity index (χ2v) is 5.49. The number of methoxy groups -OCH3 is 1. The molecule has 2 heterocycles. The summed E-state index contributed by atoms with van der Waals surface area (Å²) >= 11 is 0. The number of benzene rings is 1. The van der Waals surface area contributed by atoms with Crippen LogP contribution in [-0.2, 0) is 6.54 Å². The number of nitrogens with two attached hydrogens (primary N) is 1. The summed E-state index contributed by atoms with van der Waals surface area (Å²) in [6, 6.07) is 10.8. The number of anilines is 1. The summed E-state index contributed by atoms with van der Waals surface area (Å²) in [4.78, 5) is 6.62. The lowest BCUT2D eigenvalue weighted by Crippen LogP contribution is -2.22. The van der Waals surface area contributed by atoms with Crippen LogP contribution in [-0.4, -0.2) is 23.5 Å². The molecule has 0 radical (unpaired) electrons. The van der Waals surface area contributed by atoms with E-state index >= 15 is 0 Å². The van der Waals surface area contributed by atoms with Crippen LogP contribution < -0.4 is 10.5 Å². The van der Waals surface area contributed by atoms with Crippen LogP contribution in [0.1, 0.15) is 30.0 Å². The van der Waals surface area contributed by atoms with Gasteiger partial charge in [-0.15, -0.1) is 0 Å². The molecule has 1 aliphatic rings. The minimum absolute atomic E-state index is 0.483. The van der Waals surface area contributed by atoms with Gasteiger partial charge in [0.2, 0.25) is 0 Å². The second-order valence-electron chi connectivity index (χ2n) is 5.49. The van der Waals surface area contributed by atoms with Gasteiger partial charge in [0, 0.05) is 25.0 Å². The van der Waals surface area contributed by atoms with Crippen LogP contribution in [0.4, 0.5) is 5.69 Å². The maximum Gasteiger partial charge on any atom is 0.141 e. The van der Waals surface area contributed by atoms with E-state index in [4.69, 9.17) is 10.5 Å². The van der Waals surface area contributed by atoms with E-state index in [2.05, 4.69) is 28.1 Å². The minimum Gasteiger partial charge on any atom is -0.495 e. The van der Waals surface area contributed by atoms with Crippen molar-refractivity contribution in [3.8, 4) is 5.75 Å². The van der Waals surface area contributed by atoms with Gasteiger partial charge in [-0.25, -0.2) is 0 Å². The maximum atomic E-state index is 6.00. The monoisotopic (exact) mass is 283 g/mol. The molecule has 1 atom stereocenters. The van der Waals surface area contributed by atoms with Gasteiger partial charge in [0.15, 0.2) is 0 Å². The summed E-state index contributed by atoms with van der Waals surface area (Å²) in [5.74, 6) is 0.742. The molecule has 2 N–H and O–H groups in total. The Labute approximate surface area is 125 Å². The van der Waals surface area contributed by atoms with Gasteiger partial charge >= 0.3 is 0 Å². The third-order valence-electron chi connectivity index (χ3n) is 4.13. The Morgan fingerprint density at radius 1 is 1.29 bits per heavy atom. The molecule has 1 aromatic carbocycles. The molecule has 0 bridgehead atoms. The molecule has 0 saturated carbocycles. The number of nitrogen functional groups attached to an aromatic ring is 1. The molecule has 1 fully saturated rings. The van der Waals surface area contributed by atoms with E-state index < -0.39 is 0 Å². The average Bonchev–Trinajstić information content (AvgIpc) is 2.96. The molecule has 1 saturated heterocycles. The minimum atomic E-state index is 0.483. The largest absolute Gasteiger partial charge is 0.495 e. The highest BCUT2D eigenvalue weighted by Gasteiger charge is 2.25. The number of rotatable bonds is 4. The maximum absolute atomic E-state index is 6.00. The van der Waals surface area contributed by atoms with Crippen LogP contribution in [0.5, 0.6) is 5.75 Å². The Balaban J connectivity index is 1.76. The molecule has 1 unspecified atom stereocenters. The lowest BCUT2D eigenvalue weighted by atomic mass is 10.1. The average molecular weight is 283 g/mol. The fourth-order valence-corrected chi connectivity index (χ4v) is 3.10. The summed E-state index contributed by atoms with van der Waals surface area (Å²) in [7, 11) is 1.64. The van der Waals surface area contributed by atoms with Gasteiger partial charge in [-0.1, -0.05) is 6.07 Å². The van der Waals surface area contributed by atoms with E-state index in [1.165, 1.54) is 24.0 Å². The summed E-state index contributed by atoms with van der Waals surface area (Å²) < 4.78 is 5.21. The molecule has 0 aliphatic carbocycles. The van der Waals surface area contributed by atoms with Crippen LogP contribution >= 0.6 is 0 Å². The standard InChI is InChI=1S/C17H21N3O/c1-21-17-5-4-13(11-15(17)18)12-20-10-2-3-16(20)14-6-8-19-9-7-14/h4-9,11,16H,2-3,10,12,18H2,1H3. The number of nitrogens with zero attached hydrogens (tertiary/aromatic N) is 2. The first-order valence-corrected chi connectivity index (χ1v) is 7.34. The Morgan fingerprint density at radius 2 is 2.10 bits per heavy atom. The quantitative estimate of drug-likeness (QED) is 0.876. The highest BCUT2D eigenvalue weighted by molar-refractivity contribution is 5.54. The van der Waals surface area contributed by atoms with Crippen molar-refractivity contribution >= 4 is 5.69 Å². The molecule has 110 valence electrons. The Bertz CT molecular complexity index is 600. The van der Waals surface area contributed by atoms with Crippen molar-refractivity contribution in [2.75, 3.05) is 19.4 Å². The Hall–Kier alpha value is -2.07. The number of hydrogen-bond acceptors (Lipinski definition) is 4. The smallest absolute Gasteiger partial charge is 0.141 e. The number of pyridine rings is 1. The summed E-state index contributed by atoms with van der Waals surface area (Å²) in [5, 5.41) is 0. The van der Waals surface area contributed by atoms with Gasteiger partial charge in [-0.2, -0.15) is 0 Å². The summed E-state index contributed by atoms with van der Waals surface area (Å²) in [5.41, 5.74) is 9.29. The zero-order valence-corrected chi connectivity index (χ0v) is 12.3. The first kappa shape index (κ1) is 13.9. The van der Waals surface area contributed by atoms with Crippen molar-refractivity contribution < 1.29 is 4.74 Å². The van der Waals surface area contributed by atoms with E-state index in [1.807, 2.05) is 24.5 Å². The van der Waals surface area contributed by atoms with Gasteiger partial charge in [0.05, 0.1) is 12.8 Å². The SMILES string of the molecule is COc1ccc(CN2CCCC2c2ccncc2)cc1N. The molecule has 0 spiro atoms. The predicted octanol–water partition coefficient (Wildman–Crippen LogP) is 3.01. The van der Waals surface area contributed by atoms with Crippen LogP contribution in [0.3, 0.4) is 0 Å². The second kappa shape index (κ2) is 6.14. The van der Waals surface area contributed by atoms with Crippen LogP contribution in [0.15, 0.2) is 42.7 Å². The lowest BCUT2D eigenvalue weighted by Gasteiger charge is -2.25. The third-order valence-corrected chi connectivity index (χ3v) is 4.13. The van der Waals surface area contributed by atoms with E-state index in [1.54, 1.807) is 7.11 Å². The van der Waals surface area contributed by atoms with E-state index in [-0.39, 0.29) is 0 Å². The fourth-order valence-electron chi connectivity index (χ4n) is 3.10. The first-order valence-electron chi connectivity index (χ1n) is 7.34. The molecule has 21 heavy (non-hydrogen) atoms. The molecule has 1 aromatic heterocycles. The van der Waals surface area contributed by atoms with Gasteiger partial charge in [0.25, 0.3) is 0 Å². The molecule has 4 nitrogen and oxygen atoms in total. The highest BCUT2D eigenvalue weighted by atomic mass is 16.5. The summed E-state index contributed by atoms with van der Waals surface area (Å²) in [6.07, 6.45) is 6.18. The molecule has 2 aromatic rings. The van der Waals surface area contributed by atoms with Gasteiger partial charge in [0.1, 0.15) is 5.75 Å². The van der Waals surface area contributed by atoms with Gasteiger partial charge < -0.3 is 10.5 Å². The Kier molecular flexibility index (Phi) is 4.06. The molecule has 0 amide bonds. The van der Waals surface area contributed by atoms with E-state index in [9.17, 15) is 0 Å². The van der Waals surface area contributed by atoms with Crippen LogP contribution in [0, 0.1) is 0 Å². The van der Waals surface area contributed by atoms with Crippen molar-refractivity contribution in [1.29, 1.82) is 0 Å².